The molecule has 0 aromatic rings. The predicted molar refractivity (Wildman–Crippen MR) is 116 cm³/mol. The van der Waals surface area contributed by atoms with E-state index in [9.17, 15) is 14.7 Å². The number of hydrogen-bond acceptors (Lipinski definition) is 5. The number of amides is 2. The molecule has 31 heavy (non-hydrogen) atoms. The maximum absolute atomic E-state index is 12.2. The summed E-state index contributed by atoms with van der Waals surface area (Å²) in [5, 5.41) is 16.5. The molecular formula is C24H35N3O4. The van der Waals surface area contributed by atoms with Crippen molar-refractivity contribution >= 4 is 17.7 Å². The molecule has 0 aromatic heterocycles. The normalized spacial score (nSPS) is 47.8. The molecule has 7 atom stereocenters. The smallest absolute Gasteiger partial charge is 0.332 e. The fourth-order valence-electron chi connectivity index (χ4n) is 8.45. The van der Waals surface area contributed by atoms with Crippen molar-refractivity contribution in [3.05, 3.63) is 11.6 Å². The standard InChI is InChI=1S/C24H35N3O4/c1-22-8-5-16(26-27-21(25)29)12-15(22)3-4-19-18(22)6-9-23(2)17(7-10-24(19,23)30)14-11-20(28)31-13-14/h11,15,17-19,30H,3-10,12-13H2,1-2H3,(H3,25,27,29)/b26-16-/t15-,17-,18+,19-,22+,23-,24-/m1/s1. The van der Waals surface area contributed by atoms with Crippen molar-refractivity contribution in [2.75, 3.05) is 6.61 Å². The minimum Gasteiger partial charge on any atom is -0.458 e. The number of nitrogens with one attached hydrogen (secondary N) is 1. The first-order valence-electron chi connectivity index (χ1n) is 11.9. The third-order valence-corrected chi connectivity index (χ3v) is 10.1. The Morgan fingerprint density at radius 2 is 2.00 bits per heavy atom. The fourth-order valence-corrected chi connectivity index (χ4v) is 8.45. The minimum atomic E-state index is -0.678. The van der Waals surface area contributed by atoms with E-state index in [0.717, 1.165) is 69.1 Å². The summed E-state index contributed by atoms with van der Waals surface area (Å²) < 4.78 is 5.22. The van der Waals surface area contributed by atoms with Crippen LogP contribution in [0.15, 0.2) is 16.8 Å². The monoisotopic (exact) mass is 429 g/mol. The minimum absolute atomic E-state index is 0.190. The maximum atomic E-state index is 12.2. The number of rotatable bonds is 2. The largest absolute Gasteiger partial charge is 0.458 e. The zero-order valence-corrected chi connectivity index (χ0v) is 18.7. The van der Waals surface area contributed by atoms with E-state index in [-0.39, 0.29) is 22.7 Å². The van der Waals surface area contributed by atoms with Crippen molar-refractivity contribution in [3.63, 3.8) is 0 Å². The van der Waals surface area contributed by atoms with Crippen LogP contribution in [-0.4, -0.2) is 35.0 Å². The van der Waals surface area contributed by atoms with Gasteiger partial charge in [-0.1, -0.05) is 13.8 Å². The average molecular weight is 430 g/mol. The van der Waals surface area contributed by atoms with Crippen molar-refractivity contribution < 1.29 is 19.4 Å². The summed E-state index contributed by atoms with van der Waals surface area (Å²) in [5.74, 6) is 1.34. The predicted octanol–water partition coefficient (Wildman–Crippen LogP) is 3.27. The Morgan fingerprint density at radius 3 is 2.71 bits per heavy atom. The Labute approximate surface area is 183 Å². The lowest BCUT2D eigenvalue weighted by Crippen LogP contribution is -2.62. The van der Waals surface area contributed by atoms with Crippen LogP contribution in [0.4, 0.5) is 4.79 Å². The van der Waals surface area contributed by atoms with Crippen molar-refractivity contribution in [2.24, 2.45) is 45.3 Å². The molecule has 1 heterocycles. The van der Waals surface area contributed by atoms with Gasteiger partial charge < -0.3 is 15.6 Å². The van der Waals surface area contributed by atoms with Crippen LogP contribution < -0.4 is 11.2 Å². The Morgan fingerprint density at radius 1 is 1.19 bits per heavy atom. The second-order valence-corrected chi connectivity index (χ2v) is 11.1. The number of nitrogens with zero attached hydrogens (tertiary/aromatic N) is 1. The highest BCUT2D eigenvalue weighted by Gasteiger charge is 2.67. The van der Waals surface area contributed by atoms with Crippen LogP contribution in [0.5, 0.6) is 0 Å². The molecule has 7 nitrogen and oxygen atoms in total. The first-order chi connectivity index (χ1) is 14.7. The molecule has 7 heteroatoms. The number of carbonyl (C=O) groups excluding carboxylic acids is 2. The van der Waals surface area contributed by atoms with E-state index in [0.29, 0.717) is 24.4 Å². The van der Waals surface area contributed by atoms with Gasteiger partial charge in [-0.3, -0.25) is 0 Å². The highest BCUT2D eigenvalue weighted by Crippen LogP contribution is 2.69. The highest BCUT2D eigenvalue weighted by atomic mass is 16.5. The summed E-state index contributed by atoms with van der Waals surface area (Å²) in [6, 6.07) is -0.612. The lowest BCUT2D eigenvalue weighted by atomic mass is 9.43. The highest BCUT2D eigenvalue weighted by molar-refractivity contribution is 5.87. The first kappa shape index (κ1) is 21.0. The summed E-state index contributed by atoms with van der Waals surface area (Å²) in [7, 11) is 0. The zero-order valence-electron chi connectivity index (χ0n) is 18.7. The Bertz CT molecular complexity index is 869. The molecule has 1 aliphatic heterocycles. The van der Waals surface area contributed by atoms with Gasteiger partial charge in [0, 0.05) is 17.2 Å². The van der Waals surface area contributed by atoms with Crippen molar-refractivity contribution in [1.82, 2.24) is 5.43 Å². The number of hydrazone groups is 1. The van der Waals surface area contributed by atoms with E-state index in [4.69, 9.17) is 10.5 Å². The number of fused-ring (bicyclic) bond motifs is 5. The zero-order chi connectivity index (χ0) is 22.0. The van der Waals surface area contributed by atoms with Gasteiger partial charge in [-0.2, -0.15) is 5.10 Å². The van der Waals surface area contributed by atoms with Crippen LogP contribution in [0.1, 0.15) is 71.6 Å². The second-order valence-electron chi connectivity index (χ2n) is 11.1. The Hall–Kier alpha value is -1.89. The molecular weight excluding hydrogens is 394 g/mol. The van der Waals surface area contributed by atoms with Gasteiger partial charge in [-0.25, -0.2) is 15.0 Å². The number of primary amides is 1. The van der Waals surface area contributed by atoms with E-state index in [1.807, 2.05) is 0 Å². The number of nitrogens with two attached hydrogens (primary N) is 1. The van der Waals surface area contributed by atoms with E-state index in [1.54, 1.807) is 6.08 Å². The number of urea groups is 1. The van der Waals surface area contributed by atoms with Gasteiger partial charge in [0.1, 0.15) is 6.61 Å². The van der Waals surface area contributed by atoms with Gasteiger partial charge in [-0.05, 0) is 92.4 Å². The van der Waals surface area contributed by atoms with Gasteiger partial charge in [-0.15, -0.1) is 0 Å². The van der Waals surface area contributed by atoms with Crippen LogP contribution in [0, 0.1) is 34.5 Å². The molecule has 0 aromatic carbocycles. The molecule has 4 aliphatic carbocycles. The summed E-state index contributed by atoms with van der Waals surface area (Å²) in [4.78, 5) is 22.7. The number of ether oxygens (including phenoxy) is 1. The lowest BCUT2D eigenvalue weighted by Gasteiger charge is -2.63. The van der Waals surface area contributed by atoms with Crippen LogP contribution in [0.2, 0.25) is 0 Å². The summed E-state index contributed by atoms with van der Waals surface area (Å²) >= 11 is 0. The van der Waals surface area contributed by atoms with Crippen molar-refractivity contribution in [1.29, 1.82) is 0 Å². The number of cyclic esters (lactones) is 1. The third-order valence-electron chi connectivity index (χ3n) is 10.1. The van der Waals surface area contributed by atoms with Gasteiger partial charge >= 0.3 is 12.0 Å². The molecule has 0 radical (unpaired) electrons. The molecule has 0 bridgehead atoms. The SMILES string of the molecule is C[C@]12CC/C(=N/NC(N)=O)C[C@H]1CC[C@@H]1[C@@H]2CC[C@]2(C)[C@@H](C3=CC(=O)OC3)CC[C@@]12O. The van der Waals surface area contributed by atoms with Crippen molar-refractivity contribution in [2.45, 2.75) is 77.2 Å². The number of carbonyl (C=O) groups is 2. The number of hydrogen-bond donors (Lipinski definition) is 3. The van der Waals surface area contributed by atoms with Crippen LogP contribution in [-0.2, 0) is 9.53 Å². The Balaban J connectivity index is 1.39. The van der Waals surface area contributed by atoms with Crippen LogP contribution >= 0.6 is 0 Å². The summed E-state index contributed by atoms with van der Waals surface area (Å²) in [6.07, 6.45) is 10.5. The van der Waals surface area contributed by atoms with Crippen molar-refractivity contribution in [3.8, 4) is 0 Å². The molecule has 5 aliphatic rings. The van der Waals surface area contributed by atoms with Crippen LogP contribution in [0.3, 0.4) is 0 Å². The summed E-state index contributed by atoms with van der Waals surface area (Å²) in [5.41, 5.74) is 9.03. The Kier molecular flexibility index (Phi) is 4.78. The van der Waals surface area contributed by atoms with Gasteiger partial charge in [0.25, 0.3) is 0 Å². The molecule has 170 valence electrons. The lowest BCUT2D eigenvalue weighted by molar-refractivity contribution is -0.200. The quantitative estimate of drug-likeness (QED) is 0.462. The van der Waals surface area contributed by atoms with E-state index in [1.165, 1.54) is 0 Å². The second kappa shape index (κ2) is 7.06. The third kappa shape index (κ3) is 2.99. The van der Waals surface area contributed by atoms with Crippen LogP contribution in [0.25, 0.3) is 0 Å². The molecule has 2 amide bonds. The molecule has 4 fully saturated rings. The molecule has 0 spiro atoms. The van der Waals surface area contributed by atoms with E-state index >= 15 is 0 Å². The summed E-state index contributed by atoms with van der Waals surface area (Å²) in [6.45, 7) is 5.09. The molecule has 0 unspecified atom stereocenters. The first-order valence-corrected chi connectivity index (χ1v) is 11.9. The van der Waals surface area contributed by atoms with Gasteiger partial charge in [0.05, 0.1) is 5.60 Å². The van der Waals surface area contributed by atoms with E-state index in [2.05, 4.69) is 24.4 Å². The number of esters is 1. The number of aliphatic hydroxyl groups is 1. The fraction of sp³-hybridized carbons (Fsp3) is 0.792. The maximum Gasteiger partial charge on any atom is 0.332 e. The molecule has 4 saturated carbocycles. The average Bonchev–Trinajstić information content (AvgIpc) is 3.26. The molecule has 5 rings (SSSR count). The van der Waals surface area contributed by atoms with Gasteiger partial charge in [0.2, 0.25) is 0 Å². The molecule has 4 N–H and O–H groups in total. The van der Waals surface area contributed by atoms with E-state index < -0.39 is 11.6 Å². The van der Waals surface area contributed by atoms with Gasteiger partial charge in [0.15, 0.2) is 0 Å². The molecule has 0 saturated heterocycles. The topological polar surface area (TPSA) is 114 Å².